The summed E-state index contributed by atoms with van der Waals surface area (Å²) < 4.78 is 7.36. The lowest BCUT2D eigenvalue weighted by Crippen LogP contribution is -2.00. The van der Waals surface area contributed by atoms with Crippen LogP contribution in [0.15, 0.2) is 71.2 Å². The molecule has 3 rings (SSSR count). The Bertz CT molecular complexity index is 785. The first-order valence-corrected chi connectivity index (χ1v) is 8.59. The molecule has 122 valence electrons. The summed E-state index contributed by atoms with van der Waals surface area (Å²) in [5, 5.41) is 11.6. The van der Waals surface area contributed by atoms with Gasteiger partial charge in [-0.1, -0.05) is 29.8 Å². The van der Waals surface area contributed by atoms with Crippen LogP contribution in [0.3, 0.4) is 0 Å². The van der Waals surface area contributed by atoms with E-state index in [0.29, 0.717) is 6.61 Å². The highest BCUT2D eigenvalue weighted by Gasteiger charge is 1.98. The molecule has 0 amide bonds. The average molecular weight is 338 g/mol. The zero-order valence-corrected chi connectivity index (χ0v) is 14.2. The Kier molecular flexibility index (Phi) is 5.63. The number of ether oxygens (including phenoxy) is 1. The Morgan fingerprint density at radius 3 is 2.71 bits per heavy atom. The zero-order chi connectivity index (χ0) is 16.6. The summed E-state index contributed by atoms with van der Waals surface area (Å²) in [4.78, 5) is 1.26. The normalized spacial score (nSPS) is 11.0. The Morgan fingerprint density at radius 1 is 1.12 bits per heavy atom. The third-order valence-electron chi connectivity index (χ3n) is 3.25. The summed E-state index contributed by atoms with van der Waals surface area (Å²) in [6, 6.07) is 16.4. The average Bonchev–Trinajstić information content (AvgIpc) is 3.12. The van der Waals surface area contributed by atoms with Gasteiger partial charge in [0.25, 0.3) is 0 Å². The molecule has 0 atom stereocenters. The number of rotatable bonds is 7. The van der Waals surface area contributed by atoms with E-state index >= 15 is 0 Å². The number of benzene rings is 2. The van der Waals surface area contributed by atoms with Gasteiger partial charge in [0, 0.05) is 10.6 Å². The van der Waals surface area contributed by atoms with Gasteiger partial charge in [-0.15, -0.1) is 22.0 Å². The summed E-state index contributed by atoms with van der Waals surface area (Å²) in [6.07, 6.45) is 4.83. The smallest absolute Gasteiger partial charge is 0.141 e. The van der Waals surface area contributed by atoms with E-state index in [1.54, 1.807) is 35.3 Å². The van der Waals surface area contributed by atoms with Crippen molar-refractivity contribution in [3.8, 4) is 5.75 Å². The van der Waals surface area contributed by atoms with Crippen molar-refractivity contribution in [2.75, 3.05) is 12.4 Å². The lowest BCUT2D eigenvalue weighted by atomic mass is 10.2. The molecule has 1 aromatic heterocycles. The summed E-state index contributed by atoms with van der Waals surface area (Å²) >= 11 is 1.79. The fraction of sp³-hybridized carbons (Fsp3) is 0.167. The first-order valence-electron chi connectivity index (χ1n) is 7.61. The van der Waals surface area contributed by atoms with Crippen molar-refractivity contribution in [3.63, 3.8) is 0 Å². The van der Waals surface area contributed by atoms with E-state index in [9.17, 15) is 0 Å². The third kappa shape index (κ3) is 4.96. The quantitative estimate of drug-likeness (QED) is 0.375. The maximum atomic E-state index is 5.82. The Morgan fingerprint density at radius 2 is 1.92 bits per heavy atom. The molecule has 0 aliphatic rings. The van der Waals surface area contributed by atoms with Crippen molar-refractivity contribution in [1.82, 2.24) is 14.9 Å². The second-order valence-electron chi connectivity index (χ2n) is 5.17. The van der Waals surface area contributed by atoms with Crippen molar-refractivity contribution >= 4 is 18.0 Å². The van der Waals surface area contributed by atoms with Crippen LogP contribution < -0.4 is 4.74 Å². The molecule has 5 nitrogen and oxygen atoms in total. The Labute approximate surface area is 145 Å². The largest absolute Gasteiger partial charge is 0.493 e. The number of hydrogen-bond acceptors (Lipinski definition) is 5. The lowest BCUT2D eigenvalue weighted by Gasteiger charge is -2.07. The minimum Gasteiger partial charge on any atom is -0.493 e. The Balaban J connectivity index is 1.48. The van der Waals surface area contributed by atoms with Crippen molar-refractivity contribution in [2.24, 2.45) is 5.10 Å². The minimum absolute atomic E-state index is 0.657. The summed E-state index contributed by atoms with van der Waals surface area (Å²) in [5.41, 5.74) is 2.24. The molecular weight excluding hydrogens is 320 g/mol. The van der Waals surface area contributed by atoms with E-state index in [2.05, 4.69) is 46.5 Å². The predicted molar refractivity (Wildman–Crippen MR) is 96.9 cm³/mol. The number of aromatic nitrogens is 3. The van der Waals surface area contributed by atoms with Gasteiger partial charge >= 0.3 is 0 Å². The third-order valence-corrected chi connectivity index (χ3v) is 4.22. The second-order valence-corrected chi connectivity index (χ2v) is 6.34. The fourth-order valence-corrected chi connectivity index (χ4v) is 2.76. The zero-order valence-electron chi connectivity index (χ0n) is 13.4. The van der Waals surface area contributed by atoms with Gasteiger partial charge in [0.1, 0.15) is 18.4 Å². The molecule has 0 aliphatic carbocycles. The van der Waals surface area contributed by atoms with Gasteiger partial charge in [-0.3, -0.25) is 0 Å². The molecule has 0 unspecified atom stereocenters. The predicted octanol–water partition coefficient (Wildman–Crippen LogP) is 3.64. The SMILES string of the molecule is Cc1ccc(SCCOc2cccc(/C=N\n3cnnc3)c2)cc1. The molecule has 0 bridgehead atoms. The highest BCUT2D eigenvalue weighted by atomic mass is 32.2. The van der Waals surface area contributed by atoms with Crippen LogP contribution in [0.1, 0.15) is 11.1 Å². The summed E-state index contributed by atoms with van der Waals surface area (Å²) in [5.74, 6) is 1.74. The lowest BCUT2D eigenvalue weighted by molar-refractivity contribution is 0.344. The van der Waals surface area contributed by atoms with Gasteiger partial charge in [0.05, 0.1) is 12.8 Å². The van der Waals surface area contributed by atoms with E-state index in [4.69, 9.17) is 4.74 Å². The molecule has 0 saturated heterocycles. The van der Waals surface area contributed by atoms with Crippen molar-refractivity contribution in [3.05, 3.63) is 72.3 Å². The molecule has 0 spiro atoms. The molecule has 0 radical (unpaired) electrons. The van der Waals surface area contributed by atoms with Gasteiger partial charge in [-0.25, -0.2) is 4.68 Å². The summed E-state index contributed by atoms with van der Waals surface area (Å²) in [6.45, 7) is 2.75. The first kappa shape index (κ1) is 16.3. The standard InChI is InChI=1S/C18H18N4OS/c1-15-5-7-18(8-6-15)24-10-9-23-17-4-2-3-16(11-17)12-21-22-13-19-20-14-22/h2-8,11-14H,9-10H2,1H3/b21-12-. The van der Waals surface area contributed by atoms with E-state index in [1.165, 1.54) is 10.5 Å². The van der Waals surface area contributed by atoms with Crippen LogP contribution >= 0.6 is 11.8 Å². The second kappa shape index (κ2) is 8.31. The van der Waals surface area contributed by atoms with Crippen LogP contribution in [0.2, 0.25) is 0 Å². The number of hydrogen-bond donors (Lipinski definition) is 0. The van der Waals surface area contributed by atoms with Crippen LogP contribution in [0.5, 0.6) is 5.75 Å². The van der Waals surface area contributed by atoms with Crippen molar-refractivity contribution in [2.45, 2.75) is 11.8 Å². The highest BCUT2D eigenvalue weighted by Crippen LogP contribution is 2.19. The van der Waals surface area contributed by atoms with Crippen molar-refractivity contribution < 1.29 is 4.74 Å². The topological polar surface area (TPSA) is 52.3 Å². The fourth-order valence-electron chi connectivity index (χ4n) is 2.03. The van der Waals surface area contributed by atoms with Crippen LogP contribution in [0.4, 0.5) is 0 Å². The molecule has 2 aromatic carbocycles. The van der Waals surface area contributed by atoms with E-state index < -0.39 is 0 Å². The number of aryl methyl sites for hydroxylation is 1. The van der Waals surface area contributed by atoms with Crippen molar-refractivity contribution in [1.29, 1.82) is 0 Å². The number of nitrogens with zero attached hydrogens (tertiary/aromatic N) is 4. The molecule has 0 saturated carbocycles. The summed E-state index contributed by atoms with van der Waals surface area (Å²) in [7, 11) is 0. The van der Waals surface area contributed by atoms with Gasteiger partial charge in [-0.05, 0) is 36.8 Å². The van der Waals surface area contributed by atoms with Crippen LogP contribution in [-0.4, -0.2) is 33.4 Å². The van der Waals surface area contributed by atoms with Crippen LogP contribution in [0, 0.1) is 6.92 Å². The molecule has 24 heavy (non-hydrogen) atoms. The highest BCUT2D eigenvalue weighted by molar-refractivity contribution is 7.99. The molecule has 6 heteroatoms. The van der Waals surface area contributed by atoms with Crippen LogP contribution in [-0.2, 0) is 0 Å². The molecular formula is C18H18N4OS. The van der Waals surface area contributed by atoms with E-state index in [0.717, 1.165) is 17.1 Å². The van der Waals surface area contributed by atoms with Gasteiger partial charge in [0.15, 0.2) is 0 Å². The number of thioether (sulfide) groups is 1. The molecule has 1 heterocycles. The molecule has 3 aromatic rings. The Hall–Kier alpha value is -2.60. The van der Waals surface area contributed by atoms with E-state index in [1.807, 2.05) is 24.3 Å². The van der Waals surface area contributed by atoms with Crippen LogP contribution in [0.25, 0.3) is 0 Å². The van der Waals surface area contributed by atoms with E-state index in [-0.39, 0.29) is 0 Å². The molecule has 0 fully saturated rings. The first-order chi connectivity index (χ1) is 11.8. The van der Waals surface area contributed by atoms with Gasteiger partial charge in [0.2, 0.25) is 0 Å². The molecule has 0 N–H and O–H groups in total. The minimum atomic E-state index is 0.657. The maximum Gasteiger partial charge on any atom is 0.141 e. The van der Waals surface area contributed by atoms with Gasteiger partial charge < -0.3 is 4.74 Å². The molecule has 0 aliphatic heterocycles. The maximum absolute atomic E-state index is 5.82. The monoisotopic (exact) mass is 338 g/mol. The van der Waals surface area contributed by atoms with Gasteiger partial charge in [-0.2, -0.15) is 5.10 Å².